The Morgan fingerprint density at radius 2 is 1.13 bits per heavy atom. The number of carbonyl (C=O) groups excluding carboxylic acids is 2. The molecule has 3 rings (SSSR count). The quantitative estimate of drug-likeness (QED) is 0.283. The van der Waals surface area contributed by atoms with E-state index < -0.39 is 0 Å². The topological polar surface area (TPSA) is 52.6 Å². The molecule has 0 aliphatic heterocycles. The average Bonchev–Trinajstić information content (AvgIpc) is 2.77. The smallest absolute Gasteiger partial charge is 0.198 e. The van der Waals surface area contributed by atoms with E-state index >= 15 is 0 Å². The fourth-order valence-corrected chi connectivity index (χ4v) is 4.68. The van der Waals surface area contributed by atoms with Gasteiger partial charge in [-0.3, -0.25) is 9.59 Å². The molecule has 2 unspecified atom stereocenters. The van der Waals surface area contributed by atoms with Crippen LogP contribution in [0, 0.1) is 0 Å². The zero-order valence-electron chi connectivity index (χ0n) is 17.3. The van der Waals surface area contributed by atoms with Crippen LogP contribution in [0.1, 0.15) is 71.4 Å². The van der Waals surface area contributed by atoms with Crippen LogP contribution in [0.25, 0.3) is 0 Å². The third-order valence-corrected chi connectivity index (χ3v) is 6.28. The average molecular weight is 538 g/mol. The van der Waals surface area contributed by atoms with E-state index in [0.29, 0.717) is 33.8 Å². The third-order valence-electron chi connectivity index (χ3n) is 5.36. The van der Waals surface area contributed by atoms with Crippen molar-refractivity contribution in [2.75, 3.05) is 10.7 Å². The predicted molar refractivity (Wildman–Crippen MR) is 126 cm³/mol. The first-order chi connectivity index (χ1) is 14.5. The van der Waals surface area contributed by atoms with E-state index in [1.165, 1.54) is 0 Å². The van der Waals surface area contributed by atoms with Crippen molar-refractivity contribution in [1.82, 2.24) is 0 Å². The molecule has 30 heavy (non-hydrogen) atoms. The molecular formula is C24H26Br2O4. The lowest BCUT2D eigenvalue weighted by atomic mass is 9.83. The van der Waals surface area contributed by atoms with Crippen molar-refractivity contribution in [3.63, 3.8) is 0 Å². The molecule has 0 aromatic heterocycles. The highest BCUT2D eigenvalue weighted by Crippen LogP contribution is 2.40. The molecule has 2 atom stereocenters. The lowest BCUT2D eigenvalue weighted by Crippen LogP contribution is -2.26. The van der Waals surface area contributed by atoms with Gasteiger partial charge in [-0.25, -0.2) is 0 Å². The summed E-state index contributed by atoms with van der Waals surface area (Å²) in [5, 5.41) is 1.60. The first-order valence-electron chi connectivity index (χ1n) is 10.4. The maximum atomic E-state index is 13.4. The van der Waals surface area contributed by atoms with Gasteiger partial charge in [-0.2, -0.15) is 0 Å². The van der Waals surface area contributed by atoms with Gasteiger partial charge in [-0.05, 0) is 37.8 Å². The number of fused-ring (bicyclic) bond motifs is 2. The standard InChI is InChI=1S/C24H26Br2O4/c1-3-15(11-13-25)29-19-9-10-20(30-16(4-2)12-14-26)22-21(19)23(27)17-7-5-6-8-18(17)24(22)28/h5-10,15-16H,3-4,11-14H2,1-2H3. The summed E-state index contributed by atoms with van der Waals surface area (Å²) in [5.74, 6) is 0.517. The maximum absolute atomic E-state index is 13.4. The summed E-state index contributed by atoms with van der Waals surface area (Å²) >= 11 is 6.92. The summed E-state index contributed by atoms with van der Waals surface area (Å²) in [4.78, 5) is 26.9. The molecule has 0 heterocycles. The molecule has 0 saturated carbocycles. The van der Waals surface area contributed by atoms with Crippen molar-refractivity contribution in [2.45, 2.75) is 51.7 Å². The highest BCUT2D eigenvalue weighted by molar-refractivity contribution is 9.09. The Hall–Kier alpha value is -1.66. The van der Waals surface area contributed by atoms with E-state index in [9.17, 15) is 9.59 Å². The van der Waals surface area contributed by atoms with Gasteiger partial charge in [0.1, 0.15) is 11.5 Å². The third kappa shape index (κ3) is 4.65. The zero-order chi connectivity index (χ0) is 21.7. The van der Waals surface area contributed by atoms with Gasteiger partial charge in [0.15, 0.2) is 11.6 Å². The number of ketones is 2. The molecule has 0 N–H and O–H groups in total. The van der Waals surface area contributed by atoms with Gasteiger partial charge in [0.25, 0.3) is 0 Å². The van der Waals surface area contributed by atoms with E-state index in [4.69, 9.17) is 9.47 Å². The van der Waals surface area contributed by atoms with E-state index in [1.807, 2.05) is 13.8 Å². The second-order valence-electron chi connectivity index (χ2n) is 7.27. The summed E-state index contributed by atoms with van der Waals surface area (Å²) in [6.07, 6.45) is 3.15. The number of ether oxygens (including phenoxy) is 2. The van der Waals surface area contributed by atoms with Crippen LogP contribution in [0.4, 0.5) is 0 Å². The van der Waals surface area contributed by atoms with Crippen LogP contribution >= 0.6 is 31.9 Å². The van der Waals surface area contributed by atoms with E-state index in [0.717, 1.165) is 36.3 Å². The minimum Gasteiger partial charge on any atom is -0.490 e. The maximum Gasteiger partial charge on any atom is 0.198 e. The van der Waals surface area contributed by atoms with E-state index in [1.54, 1.807) is 36.4 Å². The molecular weight excluding hydrogens is 512 g/mol. The lowest BCUT2D eigenvalue weighted by molar-refractivity contribution is 0.0964. The van der Waals surface area contributed by atoms with Crippen LogP contribution in [0.5, 0.6) is 11.5 Å². The molecule has 4 nitrogen and oxygen atoms in total. The van der Waals surface area contributed by atoms with Crippen LogP contribution < -0.4 is 9.47 Å². The predicted octanol–water partition coefficient (Wildman–Crippen LogP) is 6.35. The second-order valence-corrected chi connectivity index (χ2v) is 8.85. The molecule has 1 aliphatic carbocycles. The highest BCUT2D eigenvalue weighted by Gasteiger charge is 2.36. The minimum absolute atomic E-state index is 0.0443. The molecule has 0 bridgehead atoms. The van der Waals surface area contributed by atoms with Gasteiger partial charge in [0.2, 0.25) is 0 Å². The Morgan fingerprint density at radius 3 is 1.47 bits per heavy atom. The van der Waals surface area contributed by atoms with Crippen LogP contribution in [0.15, 0.2) is 36.4 Å². The highest BCUT2D eigenvalue weighted by atomic mass is 79.9. The molecule has 0 radical (unpaired) electrons. The lowest BCUT2D eigenvalue weighted by Gasteiger charge is -2.26. The van der Waals surface area contributed by atoms with E-state index in [-0.39, 0.29) is 23.8 Å². The van der Waals surface area contributed by atoms with Crippen molar-refractivity contribution in [3.8, 4) is 11.5 Å². The number of hydrogen-bond donors (Lipinski definition) is 0. The van der Waals surface area contributed by atoms with Crippen LogP contribution in [-0.4, -0.2) is 34.4 Å². The summed E-state index contributed by atoms with van der Waals surface area (Å²) in [6.45, 7) is 4.09. The number of halogens is 2. The molecule has 0 saturated heterocycles. The first kappa shape index (κ1) is 23.0. The van der Waals surface area contributed by atoms with Crippen molar-refractivity contribution >= 4 is 43.4 Å². The monoisotopic (exact) mass is 536 g/mol. The van der Waals surface area contributed by atoms with Gasteiger partial charge >= 0.3 is 0 Å². The van der Waals surface area contributed by atoms with Crippen LogP contribution in [0.2, 0.25) is 0 Å². The Kier molecular flexibility index (Phi) is 8.12. The summed E-state index contributed by atoms with van der Waals surface area (Å²) in [6, 6.07) is 10.5. The number of benzene rings is 2. The van der Waals surface area contributed by atoms with Gasteiger partial charge < -0.3 is 9.47 Å². The molecule has 6 heteroatoms. The van der Waals surface area contributed by atoms with E-state index in [2.05, 4.69) is 31.9 Å². The Morgan fingerprint density at radius 1 is 0.733 bits per heavy atom. The molecule has 2 aromatic carbocycles. The summed E-state index contributed by atoms with van der Waals surface area (Å²) < 4.78 is 12.4. The summed E-state index contributed by atoms with van der Waals surface area (Å²) in [5.41, 5.74) is 1.46. The fourth-order valence-electron chi connectivity index (χ4n) is 3.66. The molecule has 0 amide bonds. The summed E-state index contributed by atoms with van der Waals surface area (Å²) in [7, 11) is 0. The van der Waals surface area contributed by atoms with Crippen molar-refractivity contribution in [2.24, 2.45) is 0 Å². The molecule has 2 aromatic rings. The van der Waals surface area contributed by atoms with Gasteiger partial charge in [-0.1, -0.05) is 70.0 Å². The van der Waals surface area contributed by atoms with Crippen molar-refractivity contribution in [3.05, 3.63) is 58.7 Å². The number of hydrogen-bond acceptors (Lipinski definition) is 4. The molecule has 0 spiro atoms. The fraction of sp³-hybridized carbons (Fsp3) is 0.417. The zero-order valence-corrected chi connectivity index (χ0v) is 20.4. The largest absolute Gasteiger partial charge is 0.490 e. The molecule has 0 fully saturated rings. The number of alkyl halides is 2. The van der Waals surface area contributed by atoms with Crippen molar-refractivity contribution in [1.29, 1.82) is 0 Å². The van der Waals surface area contributed by atoms with Gasteiger partial charge in [0, 0.05) is 21.8 Å². The number of rotatable bonds is 10. The Balaban J connectivity index is 2.13. The number of carbonyl (C=O) groups is 2. The Labute approximate surface area is 194 Å². The normalized spacial score (nSPS) is 14.7. The molecule has 160 valence electrons. The van der Waals surface area contributed by atoms with Crippen molar-refractivity contribution < 1.29 is 19.1 Å². The van der Waals surface area contributed by atoms with Crippen LogP contribution in [0.3, 0.4) is 0 Å². The van der Waals surface area contributed by atoms with Gasteiger partial charge in [-0.15, -0.1) is 0 Å². The minimum atomic E-state index is -0.192. The Bertz CT molecular complexity index is 851. The second kappa shape index (κ2) is 10.6. The molecule has 1 aliphatic rings. The SMILES string of the molecule is CCC(CCBr)Oc1ccc(OC(CC)CCBr)c2c1C(=O)c1ccccc1C2=O. The first-order valence-corrected chi connectivity index (χ1v) is 12.6. The van der Waals surface area contributed by atoms with Gasteiger partial charge in [0.05, 0.1) is 23.3 Å². The van der Waals surface area contributed by atoms with Crippen LogP contribution in [-0.2, 0) is 0 Å².